The highest BCUT2D eigenvalue weighted by molar-refractivity contribution is 7.85. The van der Waals surface area contributed by atoms with Crippen LogP contribution in [0.3, 0.4) is 0 Å². The summed E-state index contributed by atoms with van der Waals surface area (Å²) in [4.78, 5) is -0.361. The molecule has 0 spiro atoms. The van der Waals surface area contributed by atoms with Crippen molar-refractivity contribution in [2.75, 3.05) is 5.73 Å². The van der Waals surface area contributed by atoms with Gasteiger partial charge in [0.25, 0.3) is 0 Å². The Morgan fingerprint density at radius 1 is 1.18 bits per heavy atom. The highest BCUT2D eigenvalue weighted by atomic mass is 32.2. The van der Waals surface area contributed by atoms with Crippen LogP contribution in [0.25, 0.3) is 0 Å². The minimum atomic E-state index is -4.41. The minimum absolute atomic E-state index is 0.0116. The number of hydrogen-bond donors (Lipinski definition) is 1. The molecule has 1 rings (SSSR count). The molecule has 0 aliphatic heterocycles. The lowest BCUT2D eigenvalue weighted by Crippen LogP contribution is -2.00. The van der Waals surface area contributed by atoms with Crippen molar-refractivity contribution in [3.63, 3.8) is 0 Å². The van der Waals surface area contributed by atoms with Crippen molar-refractivity contribution in [3.8, 4) is 0 Å². The van der Waals surface area contributed by atoms with Gasteiger partial charge in [-0.2, -0.15) is 8.42 Å². The summed E-state index contributed by atoms with van der Waals surface area (Å²) < 4.78 is 31.3. The molecule has 0 saturated carbocycles. The van der Waals surface area contributed by atoms with E-state index >= 15 is 0 Å². The van der Waals surface area contributed by atoms with Crippen molar-refractivity contribution >= 4 is 15.8 Å². The fourth-order valence-electron chi connectivity index (χ4n) is 0.708. The third-order valence-corrected chi connectivity index (χ3v) is 2.10. The lowest BCUT2D eigenvalue weighted by Gasteiger charge is -1.97. The number of nitrogen functional groups attached to an aromatic ring is 1. The molecule has 0 atom stereocenters. The molecule has 0 fully saturated rings. The number of hydrogen-bond acceptors (Lipinski definition) is 3. The van der Waals surface area contributed by atoms with Crippen LogP contribution in [0.4, 0.5) is 5.69 Å². The standard InChI is InChI=1S/C6H6NO3S/c7-5-3-1-2-4-6(5)11(8,9)10/h1-4H,7H2. The molecule has 1 aromatic carbocycles. The zero-order valence-electron chi connectivity index (χ0n) is 5.52. The van der Waals surface area contributed by atoms with Crippen LogP contribution < -0.4 is 5.73 Å². The third kappa shape index (κ3) is 1.69. The van der Waals surface area contributed by atoms with Gasteiger partial charge in [0.15, 0.2) is 0 Å². The number of anilines is 1. The molecule has 0 heterocycles. The van der Waals surface area contributed by atoms with Crippen LogP contribution in [-0.4, -0.2) is 8.42 Å². The van der Waals surface area contributed by atoms with Gasteiger partial charge in [0.2, 0.25) is 0 Å². The maximum Gasteiger partial charge on any atom is 0.326 e. The zero-order valence-corrected chi connectivity index (χ0v) is 6.34. The Bertz CT molecular complexity index is 358. The maximum atomic E-state index is 10.4. The molecular formula is C6H6NO3S. The van der Waals surface area contributed by atoms with Crippen molar-refractivity contribution in [3.05, 3.63) is 24.3 Å². The topological polar surface area (TPSA) is 80.1 Å². The number of nitrogens with two attached hydrogens (primary N) is 1. The number of para-hydroxylation sites is 1. The van der Waals surface area contributed by atoms with Gasteiger partial charge in [-0.05, 0) is 12.1 Å². The Morgan fingerprint density at radius 2 is 1.73 bits per heavy atom. The molecular weight excluding hydrogens is 166 g/mol. The molecule has 2 N–H and O–H groups in total. The molecule has 5 heteroatoms. The molecule has 4 nitrogen and oxygen atoms in total. The molecule has 11 heavy (non-hydrogen) atoms. The van der Waals surface area contributed by atoms with E-state index in [1.807, 2.05) is 0 Å². The van der Waals surface area contributed by atoms with E-state index in [1.165, 1.54) is 18.2 Å². The van der Waals surface area contributed by atoms with Crippen molar-refractivity contribution in [2.24, 2.45) is 0 Å². The molecule has 0 amide bonds. The van der Waals surface area contributed by atoms with Crippen molar-refractivity contribution in [2.45, 2.75) is 4.90 Å². The van der Waals surface area contributed by atoms with Gasteiger partial charge in [0, 0.05) is 0 Å². The first-order chi connectivity index (χ1) is 5.02. The van der Waals surface area contributed by atoms with Crippen LogP contribution in [0.15, 0.2) is 29.2 Å². The average molecular weight is 172 g/mol. The quantitative estimate of drug-likeness (QED) is 0.622. The largest absolute Gasteiger partial charge is 0.398 e. The lowest BCUT2D eigenvalue weighted by molar-refractivity contribution is 0.415. The van der Waals surface area contributed by atoms with Gasteiger partial charge < -0.3 is 5.73 Å². The molecule has 0 aliphatic rings. The molecule has 59 valence electrons. The normalized spacial score (nSPS) is 11.4. The van der Waals surface area contributed by atoms with Gasteiger partial charge in [0.1, 0.15) is 4.90 Å². The Hall–Kier alpha value is -1.07. The summed E-state index contributed by atoms with van der Waals surface area (Å²) in [5.41, 5.74) is 5.22. The van der Waals surface area contributed by atoms with Crippen LogP contribution in [0.2, 0.25) is 0 Å². The van der Waals surface area contributed by atoms with E-state index in [0.29, 0.717) is 0 Å². The molecule has 0 saturated heterocycles. The fourth-order valence-corrected chi connectivity index (χ4v) is 1.31. The van der Waals surface area contributed by atoms with Gasteiger partial charge in [-0.3, -0.25) is 0 Å². The first-order valence-corrected chi connectivity index (χ1v) is 4.23. The van der Waals surface area contributed by atoms with Gasteiger partial charge in [-0.25, -0.2) is 0 Å². The average Bonchev–Trinajstić information content (AvgIpc) is 1.86. The van der Waals surface area contributed by atoms with Crippen LogP contribution in [0.5, 0.6) is 0 Å². The predicted molar refractivity (Wildman–Crippen MR) is 38.7 cm³/mol. The van der Waals surface area contributed by atoms with Crippen LogP contribution in [0, 0.1) is 0 Å². The number of rotatable bonds is 1. The van der Waals surface area contributed by atoms with E-state index < -0.39 is 10.1 Å². The summed E-state index contributed by atoms with van der Waals surface area (Å²) in [6.45, 7) is 0. The van der Waals surface area contributed by atoms with E-state index in [9.17, 15) is 13.0 Å². The SMILES string of the molecule is Nc1ccccc1S([O])(=O)=O. The highest BCUT2D eigenvalue weighted by Crippen LogP contribution is 2.16. The smallest absolute Gasteiger partial charge is 0.326 e. The first kappa shape index (κ1) is 8.03. The Labute approximate surface area is 64.4 Å². The Morgan fingerprint density at radius 3 is 2.09 bits per heavy atom. The fraction of sp³-hybridized carbons (Fsp3) is 0. The summed E-state index contributed by atoms with van der Waals surface area (Å²) in [6.07, 6.45) is 0. The van der Waals surface area contributed by atoms with Gasteiger partial charge in [0.05, 0.1) is 5.69 Å². The maximum absolute atomic E-state index is 10.4. The molecule has 0 bridgehead atoms. The van der Waals surface area contributed by atoms with E-state index in [-0.39, 0.29) is 10.6 Å². The van der Waals surface area contributed by atoms with Gasteiger partial charge in [-0.1, -0.05) is 16.7 Å². The highest BCUT2D eigenvalue weighted by Gasteiger charge is 2.13. The van der Waals surface area contributed by atoms with Gasteiger partial charge in [-0.15, -0.1) is 0 Å². The zero-order chi connectivity index (χ0) is 8.48. The summed E-state index contributed by atoms with van der Waals surface area (Å²) in [7, 11) is -4.41. The van der Waals surface area contributed by atoms with Crippen molar-refractivity contribution < 1.29 is 13.0 Å². The summed E-state index contributed by atoms with van der Waals surface area (Å²) >= 11 is 0. The summed E-state index contributed by atoms with van der Waals surface area (Å²) in [6, 6.07) is 5.55. The third-order valence-electron chi connectivity index (χ3n) is 1.19. The van der Waals surface area contributed by atoms with E-state index in [1.54, 1.807) is 6.07 Å². The molecule has 0 aromatic heterocycles. The second-order valence-corrected chi connectivity index (χ2v) is 3.34. The molecule has 1 aromatic rings. The minimum Gasteiger partial charge on any atom is -0.398 e. The van der Waals surface area contributed by atoms with E-state index in [0.717, 1.165) is 0 Å². The summed E-state index contributed by atoms with van der Waals surface area (Å²) in [5, 5.41) is 0. The molecule has 0 unspecified atom stereocenters. The monoisotopic (exact) mass is 172 g/mol. The lowest BCUT2D eigenvalue weighted by atomic mass is 10.3. The Kier molecular flexibility index (Phi) is 1.84. The van der Waals surface area contributed by atoms with Crippen LogP contribution in [0.1, 0.15) is 0 Å². The first-order valence-electron chi connectivity index (χ1n) is 2.82. The predicted octanol–water partition coefficient (Wildman–Crippen LogP) is 0.388. The second kappa shape index (κ2) is 2.52. The van der Waals surface area contributed by atoms with E-state index in [4.69, 9.17) is 5.73 Å². The second-order valence-electron chi connectivity index (χ2n) is 1.99. The molecule has 1 radical (unpaired) electrons. The number of benzene rings is 1. The molecule has 0 aliphatic carbocycles. The Balaban J connectivity index is 3.37. The van der Waals surface area contributed by atoms with Crippen molar-refractivity contribution in [1.29, 1.82) is 0 Å². The summed E-state index contributed by atoms with van der Waals surface area (Å²) in [5.74, 6) is 0. The van der Waals surface area contributed by atoms with Crippen molar-refractivity contribution in [1.82, 2.24) is 0 Å². The van der Waals surface area contributed by atoms with E-state index in [2.05, 4.69) is 0 Å². The van der Waals surface area contributed by atoms with Crippen LogP contribution >= 0.6 is 0 Å². The van der Waals surface area contributed by atoms with Gasteiger partial charge >= 0.3 is 10.1 Å². The van der Waals surface area contributed by atoms with Crippen LogP contribution in [-0.2, 0) is 14.7 Å².